The standard InChI is InChI=1S/C20H23N3O3/c1-2-17-14-23(18-5-3-4-6-19(18)26-17)20(24)15-11-16(13-21-12-15)22-7-9-25-10-8-22/h3-6,11-13,17H,2,7-10,14H2,1H3. The number of hydrogen-bond donors (Lipinski definition) is 0. The second-order valence-electron chi connectivity index (χ2n) is 6.56. The fourth-order valence-corrected chi connectivity index (χ4v) is 3.40. The summed E-state index contributed by atoms with van der Waals surface area (Å²) >= 11 is 0. The van der Waals surface area contributed by atoms with Crippen LogP contribution in [0.2, 0.25) is 0 Å². The van der Waals surface area contributed by atoms with Crippen LogP contribution in [-0.4, -0.2) is 49.8 Å². The third-order valence-corrected chi connectivity index (χ3v) is 4.88. The zero-order valence-corrected chi connectivity index (χ0v) is 14.9. The zero-order valence-electron chi connectivity index (χ0n) is 14.9. The highest BCUT2D eigenvalue weighted by Gasteiger charge is 2.29. The van der Waals surface area contributed by atoms with Crippen molar-refractivity contribution in [3.63, 3.8) is 0 Å². The molecule has 0 spiro atoms. The van der Waals surface area contributed by atoms with Crippen LogP contribution in [-0.2, 0) is 4.74 Å². The van der Waals surface area contributed by atoms with Gasteiger partial charge >= 0.3 is 0 Å². The molecule has 0 N–H and O–H groups in total. The third kappa shape index (κ3) is 3.24. The lowest BCUT2D eigenvalue weighted by Gasteiger charge is -2.34. The molecule has 2 aliphatic heterocycles. The third-order valence-electron chi connectivity index (χ3n) is 4.88. The Labute approximate surface area is 153 Å². The summed E-state index contributed by atoms with van der Waals surface area (Å²) in [7, 11) is 0. The van der Waals surface area contributed by atoms with E-state index in [9.17, 15) is 4.79 Å². The SMILES string of the molecule is CCC1CN(C(=O)c2cncc(N3CCOCC3)c2)c2ccccc2O1. The predicted molar refractivity (Wildman–Crippen MR) is 100 cm³/mol. The minimum absolute atomic E-state index is 0.00392. The Morgan fingerprint density at radius 3 is 2.85 bits per heavy atom. The summed E-state index contributed by atoms with van der Waals surface area (Å²) < 4.78 is 11.4. The number of fused-ring (bicyclic) bond motifs is 1. The molecule has 1 unspecified atom stereocenters. The number of carbonyl (C=O) groups excluding carboxylic acids is 1. The van der Waals surface area contributed by atoms with Crippen LogP contribution < -0.4 is 14.5 Å². The van der Waals surface area contributed by atoms with Crippen molar-refractivity contribution < 1.29 is 14.3 Å². The minimum atomic E-state index is -0.0400. The van der Waals surface area contributed by atoms with Crippen molar-refractivity contribution in [2.45, 2.75) is 19.4 Å². The molecule has 6 nitrogen and oxygen atoms in total. The Hall–Kier alpha value is -2.60. The summed E-state index contributed by atoms with van der Waals surface area (Å²) in [6, 6.07) is 9.63. The van der Waals surface area contributed by atoms with E-state index in [4.69, 9.17) is 9.47 Å². The van der Waals surface area contributed by atoms with Crippen LogP contribution >= 0.6 is 0 Å². The average molecular weight is 353 g/mol. The van der Waals surface area contributed by atoms with E-state index < -0.39 is 0 Å². The molecule has 1 aromatic heterocycles. The van der Waals surface area contributed by atoms with Crippen LogP contribution in [0.25, 0.3) is 0 Å². The summed E-state index contributed by atoms with van der Waals surface area (Å²) in [5.41, 5.74) is 2.38. The van der Waals surface area contributed by atoms with Crippen molar-refractivity contribution in [1.29, 1.82) is 0 Å². The van der Waals surface area contributed by atoms with E-state index in [0.717, 1.165) is 36.6 Å². The van der Waals surface area contributed by atoms with Crippen molar-refractivity contribution in [3.05, 3.63) is 48.3 Å². The quantitative estimate of drug-likeness (QED) is 0.849. The molecule has 2 aliphatic rings. The molecular formula is C20H23N3O3. The highest BCUT2D eigenvalue weighted by molar-refractivity contribution is 6.07. The topological polar surface area (TPSA) is 54.9 Å². The number of morpholine rings is 1. The van der Waals surface area contributed by atoms with Gasteiger partial charge in [-0.25, -0.2) is 0 Å². The van der Waals surface area contributed by atoms with E-state index in [-0.39, 0.29) is 12.0 Å². The summed E-state index contributed by atoms with van der Waals surface area (Å²) in [6.07, 6.45) is 4.31. The number of pyridine rings is 1. The predicted octanol–water partition coefficient (Wildman–Crippen LogP) is 2.74. The number of anilines is 2. The maximum atomic E-state index is 13.2. The number of hydrogen-bond acceptors (Lipinski definition) is 5. The molecule has 1 atom stereocenters. The van der Waals surface area contributed by atoms with Crippen LogP contribution in [0.3, 0.4) is 0 Å². The summed E-state index contributed by atoms with van der Waals surface area (Å²) in [5, 5.41) is 0. The summed E-state index contributed by atoms with van der Waals surface area (Å²) in [6.45, 7) is 5.66. The minimum Gasteiger partial charge on any atom is -0.486 e. The molecule has 0 bridgehead atoms. The van der Waals surface area contributed by atoms with Crippen LogP contribution in [0.4, 0.5) is 11.4 Å². The van der Waals surface area contributed by atoms with Gasteiger partial charge in [-0.3, -0.25) is 9.78 Å². The fourth-order valence-electron chi connectivity index (χ4n) is 3.40. The Kier molecular flexibility index (Phi) is 4.75. The van der Waals surface area contributed by atoms with Crippen molar-refractivity contribution in [2.24, 2.45) is 0 Å². The highest BCUT2D eigenvalue weighted by Crippen LogP contribution is 2.34. The van der Waals surface area contributed by atoms with Gasteiger partial charge < -0.3 is 19.3 Å². The lowest BCUT2D eigenvalue weighted by molar-refractivity contribution is 0.0954. The Morgan fingerprint density at radius 1 is 1.23 bits per heavy atom. The molecule has 26 heavy (non-hydrogen) atoms. The van der Waals surface area contributed by atoms with Gasteiger partial charge in [0, 0.05) is 19.3 Å². The molecule has 0 radical (unpaired) electrons. The lowest BCUT2D eigenvalue weighted by atomic mass is 10.1. The number of ether oxygens (including phenoxy) is 2. The van der Waals surface area contributed by atoms with Gasteiger partial charge in [0.2, 0.25) is 0 Å². The van der Waals surface area contributed by atoms with Crippen LogP contribution in [0.15, 0.2) is 42.7 Å². The van der Waals surface area contributed by atoms with Gasteiger partial charge in [0.25, 0.3) is 5.91 Å². The normalized spacial score (nSPS) is 19.7. The molecule has 1 fully saturated rings. The van der Waals surface area contributed by atoms with E-state index in [1.165, 1.54) is 0 Å². The molecule has 1 aromatic carbocycles. The molecule has 136 valence electrons. The Balaban J connectivity index is 1.63. The largest absolute Gasteiger partial charge is 0.486 e. The van der Waals surface area contributed by atoms with Gasteiger partial charge in [-0.05, 0) is 24.6 Å². The number of para-hydroxylation sites is 2. The van der Waals surface area contributed by atoms with Gasteiger partial charge in [0.05, 0.1) is 42.9 Å². The van der Waals surface area contributed by atoms with E-state index in [1.54, 1.807) is 6.20 Å². The number of amides is 1. The number of rotatable bonds is 3. The zero-order chi connectivity index (χ0) is 17.9. The van der Waals surface area contributed by atoms with Crippen molar-refractivity contribution in [3.8, 4) is 5.75 Å². The van der Waals surface area contributed by atoms with Gasteiger partial charge in [-0.2, -0.15) is 0 Å². The van der Waals surface area contributed by atoms with Crippen LogP contribution in [0.1, 0.15) is 23.7 Å². The molecule has 2 aromatic rings. The van der Waals surface area contributed by atoms with Gasteiger partial charge in [0.15, 0.2) is 0 Å². The number of carbonyl (C=O) groups is 1. The average Bonchev–Trinajstić information content (AvgIpc) is 2.73. The molecule has 6 heteroatoms. The molecule has 4 rings (SSSR count). The molecule has 0 saturated carbocycles. The summed E-state index contributed by atoms with van der Waals surface area (Å²) in [5.74, 6) is 0.720. The van der Waals surface area contributed by atoms with Crippen molar-refractivity contribution >= 4 is 17.3 Å². The first-order valence-corrected chi connectivity index (χ1v) is 9.11. The molecular weight excluding hydrogens is 330 g/mol. The van der Waals surface area contributed by atoms with Crippen LogP contribution in [0.5, 0.6) is 5.75 Å². The lowest BCUT2D eigenvalue weighted by Crippen LogP contribution is -2.43. The second-order valence-corrected chi connectivity index (χ2v) is 6.56. The van der Waals surface area contributed by atoms with E-state index in [0.29, 0.717) is 25.3 Å². The Bertz CT molecular complexity index is 789. The maximum Gasteiger partial charge on any atom is 0.260 e. The van der Waals surface area contributed by atoms with Crippen molar-refractivity contribution in [1.82, 2.24) is 4.98 Å². The van der Waals surface area contributed by atoms with Gasteiger partial charge in [-0.15, -0.1) is 0 Å². The van der Waals surface area contributed by atoms with Crippen molar-refractivity contribution in [2.75, 3.05) is 42.6 Å². The van der Waals surface area contributed by atoms with Gasteiger partial charge in [-0.1, -0.05) is 19.1 Å². The Morgan fingerprint density at radius 2 is 2.04 bits per heavy atom. The molecule has 1 amide bonds. The van der Waals surface area contributed by atoms with E-state index in [1.807, 2.05) is 41.4 Å². The maximum absolute atomic E-state index is 13.2. The first-order chi connectivity index (χ1) is 12.8. The summed E-state index contributed by atoms with van der Waals surface area (Å²) in [4.78, 5) is 21.6. The van der Waals surface area contributed by atoms with Crippen LogP contribution in [0, 0.1) is 0 Å². The fraction of sp³-hybridized carbons (Fsp3) is 0.400. The first-order valence-electron chi connectivity index (χ1n) is 9.11. The number of benzene rings is 1. The number of aromatic nitrogens is 1. The smallest absolute Gasteiger partial charge is 0.260 e. The first kappa shape index (κ1) is 16.8. The second kappa shape index (κ2) is 7.33. The highest BCUT2D eigenvalue weighted by atomic mass is 16.5. The molecule has 1 saturated heterocycles. The molecule has 0 aliphatic carbocycles. The number of nitrogens with zero attached hydrogens (tertiary/aromatic N) is 3. The van der Waals surface area contributed by atoms with E-state index >= 15 is 0 Å². The molecule has 3 heterocycles. The van der Waals surface area contributed by atoms with Gasteiger partial charge in [0.1, 0.15) is 11.9 Å². The van der Waals surface area contributed by atoms with E-state index in [2.05, 4.69) is 16.8 Å². The monoisotopic (exact) mass is 353 g/mol.